The minimum Gasteiger partial charge on any atom is -0.481 e. The molecule has 1 heterocycles. The van der Waals surface area contributed by atoms with Crippen LogP contribution in [0.4, 0.5) is 19.3 Å². The first-order valence-electron chi connectivity index (χ1n) is 7.78. The van der Waals surface area contributed by atoms with Crippen LogP contribution in [-0.4, -0.2) is 28.6 Å². The van der Waals surface area contributed by atoms with Crippen molar-refractivity contribution in [3.63, 3.8) is 0 Å². The van der Waals surface area contributed by atoms with Gasteiger partial charge in [-0.1, -0.05) is 24.3 Å². The summed E-state index contributed by atoms with van der Waals surface area (Å²) in [6.07, 6.45) is 0.321. The minimum absolute atomic E-state index is 0.153. The SMILES string of the molecule is O=C(O)CC1c2ccccc2CCN1C(=O)Nc1ccc(F)cc1F. The third-order valence-electron chi connectivity index (χ3n) is 4.21. The van der Waals surface area contributed by atoms with Crippen LogP contribution in [0.3, 0.4) is 0 Å². The molecule has 1 aliphatic rings. The highest BCUT2D eigenvalue weighted by Gasteiger charge is 2.32. The van der Waals surface area contributed by atoms with E-state index in [0.29, 0.717) is 19.0 Å². The van der Waals surface area contributed by atoms with Gasteiger partial charge < -0.3 is 15.3 Å². The fourth-order valence-electron chi connectivity index (χ4n) is 3.06. The summed E-state index contributed by atoms with van der Waals surface area (Å²) in [5.74, 6) is -2.67. The van der Waals surface area contributed by atoms with E-state index in [2.05, 4.69) is 5.32 Å². The van der Waals surface area contributed by atoms with Crippen molar-refractivity contribution in [2.24, 2.45) is 0 Å². The molecule has 0 spiro atoms. The Kier molecular flexibility index (Phi) is 4.65. The number of rotatable bonds is 3. The lowest BCUT2D eigenvalue weighted by Gasteiger charge is -2.36. The minimum atomic E-state index is -1.03. The van der Waals surface area contributed by atoms with Crippen molar-refractivity contribution in [1.82, 2.24) is 4.90 Å². The molecule has 0 bridgehead atoms. The lowest BCUT2D eigenvalue weighted by atomic mass is 9.91. The number of hydrogen-bond donors (Lipinski definition) is 2. The second-order valence-electron chi connectivity index (χ2n) is 5.81. The van der Waals surface area contributed by atoms with E-state index in [4.69, 9.17) is 0 Å². The molecule has 2 aromatic rings. The molecule has 0 fully saturated rings. The molecule has 2 aromatic carbocycles. The fraction of sp³-hybridized carbons (Fsp3) is 0.222. The number of hydrogen-bond acceptors (Lipinski definition) is 2. The second kappa shape index (κ2) is 6.88. The van der Waals surface area contributed by atoms with Gasteiger partial charge in [0.2, 0.25) is 0 Å². The maximum atomic E-state index is 13.8. The summed E-state index contributed by atoms with van der Waals surface area (Å²) in [6.45, 7) is 0.309. The number of benzene rings is 2. The van der Waals surface area contributed by atoms with Crippen molar-refractivity contribution >= 4 is 17.7 Å². The maximum Gasteiger partial charge on any atom is 0.322 e. The molecule has 2 amide bonds. The standard InChI is InChI=1S/C18H16F2N2O3/c19-12-5-6-15(14(20)9-12)21-18(25)22-8-7-11-3-1-2-4-13(11)16(22)10-17(23)24/h1-6,9,16H,7-8,10H2,(H,21,25)(H,23,24). The van der Waals surface area contributed by atoms with Gasteiger partial charge in [-0.15, -0.1) is 0 Å². The number of nitrogens with zero attached hydrogens (tertiary/aromatic N) is 1. The third-order valence-corrected chi connectivity index (χ3v) is 4.21. The Balaban J connectivity index is 1.86. The van der Waals surface area contributed by atoms with Gasteiger partial charge in [-0.3, -0.25) is 4.79 Å². The first-order valence-corrected chi connectivity index (χ1v) is 7.78. The van der Waals surface area contributed by atoms with E-state index in [1.165, 1.54) is 4.90 Å². The van der Waals surface area contributed by atoms with Crippen molar-refractivity contribution in [3.8, 4) is 0 Å². The molecule has 25 heavy (non-hydrogen) atoms. The van der Waals surface area contributed by atoms with E-state index >= 15 is 0 Å². The number of aliphatic carboxylic acids is 1. The summed E-state index contributed by atoms with van der Waals surface area (Å²) in [6, 6.07) is 8.92. The second-order valence-corrected chi connectivity index (χ2v) is 5.81. The molecule has 1 atom stereocenters. The maximum absolute atomic E-state index is 13.8. The number of carbonyl (C=O) groups is 2. The van der Waals surface area contributed by atoms with E-state index in [9.17, 15) is 23.5 Å². The van der Waals surface area contributed by atoms with Gasteiger partial charge in [0, 0.05) is 12.6 Å². The molecule has 130 valence electrons. The zero-order valence-electron chi connectivity index (χ0n) is 13.2. The highest BCUT2D eigenvalue weighted by atomic mass is 19.1. The number of fused-ring (bicyclic) bond motifs is 1. The molecule has 0 aliphatic carbocycles. The van der Waals surface area contributed by atoms with Crippen LogP contribution in [0.25, 0.3) is 0 Å². The molecule has 0 radical (unpaired) electrons. The Hall–Kier alpha value is -2.96. The molecule has 2 N–H and O–H groups in total. The molecule has 0 saturated carbocycles. The van der Waals surface area contributed by atoms with Crippen molar-refractivity contribution in [2.45, 2.75) is 18.9 Å². The average molecular weight is 346 g/mol. The molecule has 7 heteroatoms. The Morgan fingerprint density at radius 2 is 1.96 bits per heavy atom. The molecule has 1 aliphatic heterocycles. The number of nitrogens with one attached hydrogen (secondary N) is 1. The van der Waals surface area contributed by atoms with Crippen molar-refractivity contribution in [3.05, 3.63) is 65.2 Å². The largest absolute Gasteiger partial charge is 0.481 e. The molecule has 1 unspecified atom stereocenters. The predicted molar refractivity (Wildman–Crippen MR) is 87.2 cm³/mol. The van der Waals surface area contributed by atoms with Gasteiger partial charge in [0.05, 0.1) is 18.2 Å². The van der Waals surface area contributed by atoms with Gasteiger partial charge in [0.1, 0.15) is 11.6 Å². The van der Waals surface area contributed by atoms with Crippen molar-refractivity contribution in [1.29, 1.82) is 0 Å². The Morgan fingerprint density at radius 1 is 1.20 bits per heavy atom. The molecule has 0 saturated heterocycles. The fourth-order valence-corrected chi connectivity index (χ4v) is 3.06. The van der Waals surface area contributed by atoms with E-state index < -0.39 is 29.7 Å². The normalized spacial score (nSPS) is 16.2. The van der Waals surface area contributed by atoms with Crippen LogP contribution < -0.4 is 5.32 Å². The van der Waals surface area contributed by atoms with Gasteiger partial charge in [-0.25, -0.2) is 13.6 Å². The van der Waals surface area contributed by atoms with E-state index in [-0.39, 0.29) is 12.1 Å². The van der Waals surface area contributed by atoms with Crippen LogP contribution >= 0.6 is 0 Å². The zero-order chi connectivity index (χ0) is 18.0. The zero-order valence-corrected chi connectivity index (χ0v) is 13.2. The number of carboxylic acids is 1. The number of urea groups is 1. The van der Waals surface area contributed by atoms with Crippen LogP contribution in [0.1, 0.15) is 23.6 Å². The van der Waals surface area contributed by atoms with Crippen LogP contribution in [0.2, 0.25) is 0 Å². The lowest BCUT2D eigenvalue weighted by molar-refractivity contribution is -0.138. The van der Waals surface area contributed by atoms with E-state index in [1.807, 2.05) is 12.1 Å². The molecule has 0 aromatic heterocycles. The topological polar surface area (TPSA) is 69.6 Å². The van der Waals surface area contributed by atoms with E-state index in [0.717, 1.165) is 23.3 Å². The highest BCUT2D eigenvalue weighted by molar-refractivity contribution is 5.90. The van der Waals surface area contributed by atoms with Crippen LogP contribution in [0, 0.1) is 11.6 Å². The summed E-state index contributed by atoms with van der Waals surface area (Å²) in [5.41, 5.74) is 1.61. The summed E-state index contributed by atoms with van der Waals surface area (Å²) in [4.78, 5) is 25.2. The highest BCUT2D eigenvalue weighted by Crippen LogP contribution is 2.32. The molecule has 3 rings (SSSR count). The number of carbonyl (C=O) groups excluding carboxylic acids is 1. The van der Waals surface area contributed by atoms with Gasteiger partial charge >= 0.3 is 12.0 Å². The predicted octanol–water partition coefficient (Wildman–Crippen LogP) is 3.57. The monoisotopic (exact) mass is 346 g/mol. The first kappa shape index (κ1) is 16.9. The van der Waals surface area contributed by atoms with Crippen molar-refractivity contribution in [2.75, 3.05) is 11.9 Å². The summed E-state index contributed by atoms with van der Waals surface area (Å²) >= 11 is 0. The Morgan fingerprint density at radius 3 is 2.68 bits per heavy atom. The van der Waals surface area contributed by atoms with Crippen LogP contribution in [0.5, 0.6) is 0 Å². The quantitative estimate of drug-likeness (QED) is 0.893. The Bertz CT molecular complexity index is 826. The molecular formula is C18H16F2N2O3. The number of amides is 2. The summed E-state index contributed by atoms with van der Waals surface area (Å²) < 4.78 is 26.7. The number of anilines is 1. The third kappa shape index (κ3) is 3.60. The van der Waals surface area contributed by atoms with Crippen molar-refractivity contribution < 1.29 is 23.5 Å². The van der Waals surface area contributed by atoms with Gasteiger partial charge in [0.15, 0.2) is 0 Å². The molecular weight excluding hydrogens is 330 g/mol. The van der Waals surface area contributed by atoms with E-state index in [1.54, 1.807) is 12.1 Å². The van der Waals surface area contributed by atoms with Gasteiger partial charge in [0.25, 0.3) is 0 Å². The van der Waals surface area contributed by atoms with Gasteiger partial charge in [-0.05, 0) is 29.7 Å². The van der Waals surface area contributed by atoms with Gasteiger partial charge in [-0.2, -0.15) is 0 Å². The number of halogens is 2. The number of carboxylic acid groups (broad SMARTS) is 1. The van der Waals surface area contributed by atoms with Crippen LogP contribution in [0.15, 0.2) is 42.5 Å². The van der Waals surface area contributed by atoms with Crippen LogP contribution in [-0.2, 0) is 11.2 Å². The molecule has 5 nitrogen and oxygen atoms in total. The summed E-state index contributed by atoms with van der Waals surface area (Å²) in [5, 5.41) is 11.6. The lowest BCUT2D eigenvalue weighted by Crippen LogP contribution is -2.43. The Labute approximate surface area is 142 Å². The smallest absolute Gasteiger partial charge is 0.322 e. The average Bonchev–Trinajstić information content (AvgIpc) is 2.57. The summed E-state index contributed by atoms with van der Waals surface area (Å²) in [7, 11) is 0. The first-order chi connectivity index (χ1) is 12.0.